The zero-order valence-electron chi connectivity index (χ0n) is 16.4. The van der Waals surface area contributed by atoms with Gasteiger partial charge in [0.2, 0.25) is 0 Å². The van der Waals surface area contributed by atoms with Crippen molar-refractivity contribution < 1.29 is 9.53 Å². The molecular formula is C21H25N5O2. The van der Waals surface area contributed by atoms with Gasteiger partial charge in [0.05, 0.1) is 12.2 Å². The maximum atomic E-state index is 11.9. The van der Waals surface area contributed by atoms with Crippen LogP contribution in [0.5, 0.6) is 5.75 Å². The van der Waals surface area contributed by atoms with Crippen molar-refractivity contribution in [2.24, 2.45) is 0 Å². The Labute approximate surface area is 164 Å². The molecule has 3 rings (SSSR count). The fourth-order valence-corrected chi connectivity index (χ4v) is 2.72. The number of carbonyl (C=O) groups is 1. The molecule has 0 aliphatic rings. The lowest BCUT2D eigenvalue weighted by Gasteiger charge is -2.10. The van der Waals surface area contributed by atoms with E-state index in [1.54, 1.807) is 10.9 Å². The van der Waals surface area contributed by atoms with Crippen LogP contribution in [0.4, 0.5) is 4.79 Å². The number of urea groups is 1. The minimum Gasteiger partial charge on any atom is -0.492 e. The van der Waals surface area contributed by atoms with Gasteiger partial charge in [0, 0.05) is 18.4 Å². The third-order valence-electron chi connectivity index (χ3n) is 4.17. The van der Waals surface area contributed by atoms with Crippen LogP contribution in [0.25, 0.3) is 5.82 Å². The molecule has 2 amide bonds. The number of nitrogens with zero attached hydrogens (tertiary/aromatic N) is 3. The average Bonchev–Trinajstić information content (AvgIpc) is 3.03. The number of rotatable bonds is 7. The van der Waals surface area contributed by atoms with Crippen molar-refractivity contribution in [3.8, 4) is 11.6 Å². The van der Waals surface area contributed by atoms with E-state index in [0.29, 0.717) is 19.7 Å². The molecule has 1 aromatic carbocycles. The predicted molar refractivity (Wildman–Crippen MR) is 108 cm³/mol. The van der Waals surface area contributed by atoms with Crippen LogP contribution in [-0.2, 0) is 6.54 Å². The third-order valence-corrected chi connectivity index (χ3v) is 4.17. The number of hydrogen-bond donors (Lipinski definition) is 2. The topological polar surface area (TPSA) is 81.1 Å². The van der Waals surface area contributed by atoms with Crippen molar-refractivity contribution in [3.63, 3.8) is 0 Å². The normalized spacial score (nSPS) is 10.5. The number of aromatic nitrogens is 3. The van der Waals surface area contributed by atoms with Gasteiger partial charge >= 0.3 is 6.03 Å². The molecule has 0 bridgehead atoms. The molecule has 0 saturated carbocycles. The smallest absolute Gasteiger partial charge is 0.315 e. The minimum atomic E-state index is -0.241. The second-order valence-corrected chi connectivity index (χ2v) is 6.63. The fourth-order valence-electron chi connectivity index (χ4n) is 2.72. The number of ether oxygens (including phenoxy) is 1. The van der Waals surface area contributed by atoms with Crippen molar-refractivity contribution in [3.05, 3.63) is 71.2 Å². The fraction of sp³-hybridized carbons (Fsp3) is 0.286. The van der Waals surface area contributed by atoms with E-state index in [2.05, 4.69) is 20.7 Å². The molecule has 7 heteroatoms. The maximum absolute atomic E-state index is 11.9. The highest BCUT2D eigenvalue weighted by Crippen LogP contribution is 2.11. The standard InChI is InChI=1S/C21H25N5O2/c1-15-4-7-19(8-5-15)28-11-10-22-21(27)24-14-18-6-9-20(23-13-18)26-17(3)12-16(2)25-26/h4-9,12-13H,10-11,14H2,1-3H3,(H2,22,24,27). The van der Waals surface area contributed by atoms with Crippen LogP contribution < -0.4 is 15.4 Å². The monoisotopic (exact) mass is 379 g/mol. The second kappa shape index (κ2) is 9.03. The van der Waals surface area contributed by atoms with E-state index in [-0.39, 0.29) is 6.03 Å². The van der Waals surface area contributed by atoms with Gasteiger partial charge in [-0.1, -0.05) is 23.8 Å². The molecule has 146 valence electrons. The third kappa shape index (κ3) is 5.33. The molecule has 0 aliphatic heterocycles. The van der Waals surface area contributed by atoms with Crippen LogP contribution in [0.1, 0.15) is 22.5 Å². The summed E-state index contributed by atoms with van der Waals surface area (Å²) >= 11 is 0. The first-order valence-electron chi connectivity index (χ1n) is 9.21. The van der Waals surface area contributed by atoms with E-state index in [4.69, 9.17) is 4.74 Å². The van der Waals surface area contributed by atoms with Gasteiger partial charge < -0.3 is 15.4 Å². The van der Waals surface area contributed by atoms with Gasteiger partial charge in [-0.05, 0) is 50.6 Å². The first kappa shape index (κ1) is 19.4. The molecule has 2 heterocycles. The van der Waals surface area contributed by atoms with Gasteiger partial charge in [-0.15, -0.1) is 0 Å². The number of pyridine rings is 1. The summed E-state index contributed by atoms with van der Waals surface area (Å²) in [7, 11) is 0. The van der Waals surface area contributed by atoms with Gasteiger partial charge in [0.1, 0.15) is 12.4 Å². The van der Waals surface area contributed by atoms with Gasteiger partial charge in [0.25, 0.3) is 0 Å². The molecule has 2 aromatic heterocycles. The van der Waals surface area contributed by atoms with E-state index in [1.165, 1.54) is 5.56 Å². The largest absolute Gasteiger partial charge is 0.492 e. The highest BCUT2D eigenvalue weighted by molar-refractivity contribution is 5.73. The molecule has 7 nitrogen and oxygen atoms in total. The van der Waals surface area contributed by atoms with Crippen LogP contribution >= 0.6 is 0 Å². The van der Waals surface area contributed by atoms with Gasteiger partial charge in [-0.2, -0.15) is 5.10 Å². The molecule has 28 heavy (non-hydrogen) atoms. The molecule has 2 N–H and O–H groups in total. The van der Waals surface area contributed by atoms with Crippen molar-refractivity contribution in [2.75, 3.05) is 13.2 Å². The number of hydrogen-bond acceptors (Lipinski definition) is 4. The van der Waals surface area contributed by atoms with Gasteiger partial charge in [-0.3, -0.25) is 0 Å². The number of benzene rings is 1. The molecule has 3 aromatic rings. The Balaban J connectivity index is 1.39. The highest BCUT2D eigenvalue weighted by Gasteiger charge is 2.06. The molecule has 0 atom stereocenters. The molecule has 0 fully saturated rings. The summed E-state index contributed by atoms with van der Waals surface area (Å²) in [5, 5.41) is 10.00. The Morgan fingerprint density at radius 1 is 1.07 bits per heavy atom. The minimum absolute atomic E-state index is 0.241. The molecule has 0 aliphatic carbocycles. The highest BCUT2D eigenvalue weighted by atomic mass is 16.5. The molecule has 0 unspecified atom stereocenters. The number of nitrogens with one attached hydrogen (secondary N) is 2. The number of aryl methyl sites for hydroxylation is 3. The summed E-state index contributed by atoms with van der Waals surface area (Å²) in [5.74, 6) is 1.55. The van der Waals surface area contributed by atoms with Crippen molar-refractivity contribution in [2.45, 2.75) is 27.3 Å². The van der Waals surface area contributed by atoms with E-state index in [9.17, 15) is 4.79 Å². The van der Waals surface area contributed by atoms with E-state index < -0.39 is 0 Å². The van der Waals surface area contributed by atoms with E-state index >= 15 is 0 Å². The number of carbonyl (C=O) groups excluding carboxylic acids is 1. The lowest BCUT2D eigenvalue weighted by Crippen LogP contribution is -2.37. The quantitative estimate of drug-likeness (QED) is 0.618. The van der Waals surface area contributed by atoms with Crippen LogP contribution in [-0.4, -0.2) is 33.9 Å². The van der Waals surface area contributed by atoms with Crippen molar-refractivity contribution in [1.29, 1.82) is 0 Å². The molecule has 0 spiro atoms. The van der Waals surface area contributed by atoms with Gasteiger partial charge in [-0.25, -0.2) is 14.5 Å². The first-order valence-corrected chi connectivity index (χ1v) is 9.21. The van der Waals surface area contributed by atoms with Crippen LogP contribution in [0.2, 0.25) is 0 Å². The Hall–Kier alpha value is -3.35. The van der Waals surface area contributed by atoms with E-state index in [0.717, 1.165) is 28.5 Å². The Kier molecular flexibility index (Phi) is 6.26. The summed E-state index contributed by atoms with van der Waals surface area (Å²) in [6.07, 6.45) is 1.74. The van der Waals surface area contributed by atoms with E-state index in [1.807, 2.05) is 63.2 Å². The summed E-state index contributed by atoms with van der Waals surface area (Å²) in [6, 6.07) is 13.4. The van der Waals surface area contributed by atoms with Crippen LogP contribution in [0.15, 0.2) is 48.7 Å². The second-order valence-electron chi connectivity index (χ2n) is 6.63. The first-order chi connectivity index (χ1) is 13.5. The zero-order chi connectivity index (χ0) is 19.9. The Morgan fingerprint density at radius 3 is 2.50 bits per heavy atom. The number of amides is 2. The summed E-state index contributed by atoms with van der Waals surface area (Å²) in [6.45, 7) is 7.20. The lowest BCUT2D eigenvalue weighted by atomic mass is 10.2. The van der Waals surface area contributed by atoms with Gasteiger partial charge in [0.15, 0.2) is 5.82 Å². The maximum Gasteiger partial charge on any atom is 0.315 e. The van der Waals surface area contributed by atoms with Crippen LogP contribution in [0.3, 0.4) is 0 Å². The Morgan fingerprint density at radius 2 is 1.86 bits per heavy atom. The average molecular weight is 379 g/mol. The zero-order valence-corrected chi connectivity index (χ0v) is 16.4. The lowest BCUT2D eigenvalue weighted by molar-refractivity contribution is 0.236. The molecule has 0 saturated heterocycles. The summed E-state index contributed by atoms with van der Waals surface area (Å²) < 4.78 is 7.38. The summed E-state index contributed by atoms with van der Waals surface area (Å²) in [5.41, 5.74) is 4.08. The SMILES string of the molecule is Cc1ccc(OCCNC(=O)NCc2ccc(-n3nc(C)cc3C)nc2)cc1. The molecular weight excluding hydrogens is 354 g/mol. The molecule has 0 radical (unpaired) electrons. The summed E-state index contributed by atoms with van der Waals surface area (Å²) in [4.78, 5) is 16.3. The van der Waals surface area contributed by atoms with Crippen LogP contribution in [0, 0.1) is 20.8 Å². The van der Waals surface area contributed by atoms with Crippen molar-refractivity contribution in [1.82, 2.24) is 25.4 Å². The Bertz CT molecular complexity index is 917. The predicted octanol–water partition coefficient (Wildman–Crippen LogP) is 3.07. The van der Waals surface area contributed by atoms with Crippen molar-refractivity contribution >= 4 is 6.03 Å².